The van der Waals surface area contributed by atoms with E-state index in [1.807, 2.05) is 6.07 Å². The zero-order valence-corrected chi connectivity index (χ0v) is 9.37. The standard InChI is InChI=1S/C13H12FNO2/c1-2-17-13(16)11-8-10(14)12(15-11)9-6-4-3-5-7-9/h3-8,15H,2H2,1H3. The topological polar surface area (TPSA) is 42.1 Å². The van der Waals surface area contributed by atoms with Gasteiger partial charge in [0.05, 0.1) is 12.3 Å². The van der Waals surface area contributed by atoms with Gasteiger partial charge in [-0.2, -0.15) is 0 Å². The first-order valence-corrected chi connectivity index (χ1v) is 5.33. The molecule has 1 aromatic carbocycles. The van der Waals surface area contributed by atoms with Crippen molar-refractivity contribution < 1.29 is 13.9 Å². The maximum Gasteiger partial charge on any atom is 0.354 e. The molecule has 0 fully saturated rings. The molecule has 0 aliphatic rings. The van der Waals surface area contributed by atoms with Gasteiger partial charge in [-0.3, -0.25) is 0 Å². The predicted molar refractivity (Wildman–Crippen MR) is 62.1 cm³/mol. The SMILES string of the molecule is CCOC(=O)c1cc(F)c(-c2ccccc2)[nH]1. The van der Waals surface area contributed by atoms with E-state index in [9.17, 15) is 9.18 Å². The van der Waals surface area contributed by atoms with Gasteiger partial charge >= 0.3 is 5.97 Å². The number of carbonyl (C=O) groups excluding carboxylic acids is 1. The van der Waals surface area contributed by atoms with Crippen molar-refractivity contribution in [2.75, 3.05) is 6.61 Å². The fourth-order valence-corrected chi connectivity index (χ4v) is 1.56. The molecule has 4 heteroatoms. The van der Waals surface area contributed by atoms with E-state index in [0.29, 0.717) is 11.3 Å². The second-order valence-corrected chi connectivity index (χ2v) is 3.49. The third-order valence-electron chi connectivity index (χ3n) is 2.33. The van der Waals surface area contributed by atoms with Crippen LogP contribution in [0.2, 0.25) is 0 Å². The van der Waals surface area contributed by atoms with E-state index in [2.05, 4.69) is 4.98 Å². The van der Waals surface area contributed by atoms with E-state index in [1.54, 1.807) is 31.2 Å². The summed E-state index contributed by atoms with van der Waals surface area (Å²) in [6.45, 7) is 1.97. The highest BCUT2D eigenvalue weighted by Crippen LogP contribution is 2.22. The van der Waals surface area contributed by atoms with Crippen molar-refractivity contribution >= 4 is 5.97 Å². The molecule has 0 radical (unpaired) electrons. The molecule has 2 rings (SSSR count). The monoisotopic (exact) mass is 233 g/mol. The van der Waals surface area contributed by atoms with Crippen LogP contribution in [0.3, 0.4) is 0 Å². The zero-order chi connectivity index (χ0) is 12.3. The largest absolute Gasteiger partial charge is 0.461 e. The van der Waals surface area contributed by atoms with Crippen molar-refractivity contribution in [2.45, 2.75) is 6.92 Å². The molecule has 0 amide bonds. The molecule has 0 bridgehead atoms. The fraction of sp³-hybridized carbons (Fsp3) is 0.154. The van der Waals surface area contributed by atoms with Crippen LogP contribution in [0.15, 0.2) is 36.4 Å². The number of aromatic amines is 1. The Labute approximate surface area is 98.2 Å². The maximum atomic E-state index is 13.7. The predicted octanol–water partition coefficient (Wildman–Crippen LogP) is 3.00. The minimum absolute atomic E-state index is 0.128. The van der Waals surface area contributed by atoms with Crippen molar-refractivity contribution in [1.29, 1.82) is 0 Å². The van der Waals surface area contributed by atoms with Gasteiger partial charge in [0.1, 0.15) is 11.5 Å². The van der Waals surface area contributed by atoms with Gasteiger partial charge in [0.2, 0.25) is 0 Å². The van der Waals surface area contributed by atoms with Gasteiger partial charge in [-0.25, -0.2) is 9.18 Å². The minimum Gasteiger partial charge on any atom is -0.461 e. The summed E-state index contributed by atoms with van der Waals surface area (Å²) in [6.07, 6.45) is 0. The third kappa shape index (κ3) is 2.36. The Hall–Kier alpha value is -2.10. The summed E-state index contributed by atoms with van der Waals surface area (Å²) in [5.74, 6) is -1.01. The number of rotatable bonds is 3. The first kappa shape index (κ1) is 11.4. The molecule has 0 aliphatic heterocycles. The van der Waals surface area contributed by atoms with Crippen LogP contribution >= 0.6 is 0 Å². The number of nitrogens with one attached hydrogen (secondary N) is 1. The Morgan fingerprint density at radius 2 is 2.06 bits per heavy atom. The summed E-state index contributed by atoms with van der Waals surface area (Å²) in [6, 6.07) is 10.1. The number of H-pyrrole nitrogens is 1. The molecule has 0 aliphatic carbocycles. The summed E-state index contributed by atoms with van der Waals surface area (Å²) in [4.78, 5) is 14.2. The lowest BCUT2D eigenvalue weighted by Gasteiger charge is -1.99. The second kappa shape index (κ2) is 4.82. The number of esters is 1. The van der Waals surface area contributed by atoms with E-state index in [-0.39, 0.29) is 12.3 Å². The Balaban J connectivity index is 2.35. The van der Waals surface area contributed by atoms with Gasteiger partial charge in [0.25, 0.3) is 0 Å². The molecule has 0 saturated carbocycles. The molecule has 0 saturated heterocycles. The van der Waals surface area contributed by atoms with Gasteiger partial charge in [0, 0.05) is 11.6 Å². The van der Waals surface area contributed by atoms with Gasteiger partial charge < -0.3 is 9.72 Å². The number of hydrogen-bond acceptors (Lipinski definition) is 2. The molecule has 0 spiro atoms. The molecular weight excluding hydrogens is 221 g/mol. The summed E-state index contributed by atoms with van der Waals surface area (Å²) >= 11 is 0. The summed E-state index contributed by atoms with van der Waals surface area (Å²) < 4.78 is 18.5. The van der Waals surface area contributed by atoms with Gasteiger partial charge in [0.15, 0.2) is 0 Å². The van der Waals surface area contributed by atoms with Crippen molar-refractivity contribution in [3.63, 3.8) is 0 Å². The van der Waals surface area contributed by atoms with E-state index in [0.717, 1.165) is 6.07 Å². The molecule has 3 nitrogen and oxygen atoms in total. The smallest absolute Gasteiger partial charge is 0.354 e. The van der Waals surface area contributed by atoms with Crippen LogP contribution in [0.5, 0.6) is 0 Å². The number of benzene rings is 1. The lowest BCUT2D eigenvalue weighted by atomic mass is 10.1. The molecular formula is C13H12FNO2. The Bertz CT molecular complexity index is 519. The molecule has 1 aromatic heterocycles. The average molecular weight is 233 g/mol. The zero-order valence-electron chi connectivity index (χ0n) is 9.37. The lowest BCUT2D eigenvalue weighted by molar-refractivity contribution is 0.0520. The average Bonchev–Trinajstić information content (AvgIpc) is 2.73. The Morgan fingerprint density at radius 3 is 2.71 bits per heavy atom. The number of carbonyl (C=O) groups is 1. The van der Waals surface area contributed by atoms with Gasteiger partial charge in [-0.05, 0) is 6.92 Å². The summed E-state index contributed by atoms with van der Waals surface area (Å²) in [7, 11) is 0. The van der Waals surface area contributed by atoms with Crippen LogP contribution in [0.1, 0.15) is 17.4 Å². The Kier molecular flexibility index (Phi) is 3.23. The lowest BCUT2D eigenvalue weighted by Crippen LogP contribution is -2.04. The van der Waals surface area contributed by atoms with Gasteiger partial charge in [-0.15, -0.1) is 0 Å². The number of hydrogen-bond donors (Lipinski definition) is 1. The second-order valence-electron chi connectivity index (χ2n) is 3.49. The van der Waals surface area contributed by atoms with Gasteiger partial charge in [-0.1, -0.05) is 30.3 Å². The van der Waals surface area contributed by atoms with E-state index in [1.165, 1.54) is 0 Å². The van der Waals surface area contributed by atoms with Crippen LogP contribution < -0.4 is 0 Å². The van der Waals surface area contributed by atoms with Crippen molar-refractivity contribution in [3.05, 3.63) is 47.9 Å². The Morgan fingerprint density at radius 1 is 1.35 bits per heavy atom. The molecule has 88 valence electrons. The highest BCUT2D eigenvalue weighted by molar-refractivity contribution is 5.88. The number of aromatic nitrogens is 1. The summed E-state index contributed by atoms with van der Waals surface area (Å²) in [5.41, 5.74) is 1.12. The first-order chi connectivity index (χ1) is 8.22. The van der Waals surface area contributed by atoms with Crippen molar-refractivity contribution in [1.82, 2.24) is 4.98 Å². The molecule has 0 unspecified atom stereocenters. The highest BCUT2D eigenvalue weighted by Gasteiger charge is 2.15. The third-order valence-corrected chi connectivity index (χ3v) is 2.33. The van der Waals surface area contributed by atoms with E-state index < -0.39 is 11.8 Å². The quantitative estimate of drug-likeness (QED) is 0.828. The molecule has 1 heterocycles. The maximum absolute atomic E-state index is 13.7. The normalized spacial score (nSPS) is 10.2. The molecule has 2 aromatic rings. The molecule has 17 heavy (non-hydrogen) atoms. The van der Waals surface area contributed by atoms with E-state index in [4.69, 9.17) is 4.74 Å². The van der Waals surface area contributed by atoms with Crippen molar-refractivity contribution in [2.24, 2.45) is 0 Å². The van der Waals surface area contributed by atoms with Crippen molar-refractivity contribution in [3.8, 4) is 11.3 Å². The fourth-order valence-electron chi connectivity index (χ4n) is 1.56. The van der Waals surface area contributed by atoms with Crippen LogP contribution in [-0.2, 0) is 4.74 Å². The highest BCUT2D eigenvalue weighted by atomic mass is 19.1. The minimum atomic E-state index is -0.548. The summed E-state index contributed by atoms with van der Waals surface area (Å²) in [5, 5.41) is 0. The van der Waals surface area contributed by atoms with Crippen LogP contribution in [-0.4, -0.2) is 17.6 Å². The van der Waals surface area contributed by atoms with Crippen LogP contribution in [0, 0.1) is 5.82 Å². The van der Waals surface area contributed by atoms with Crippen LogP contribution in [0.25, 0.3) is 11.3 Å². The number of halogens is 1. The molecule has 1 N–H and O–H groups in total. The van der Waals surface area contributed by atoms with E-state index >= 15 is 0 Å². The molecule has 0 atom stereocenters. The van der Waals surface area contributed by atoms with Crippen LogP contribution in [0.4, 0.5) is 4.39 Å². The first-order valence-electron chi connectivity index (χ1n) is 5.33. The number of ether oxygens (including phenoxy) is 1.